The van der Waals surface area contributed by atoms with Crippen LogP contribution in [-0.4, -0.2) is 16.7 Å². The molecule has 1 atom stereocenters. The second-order valence-corrected chi connectivity index (χ2v) is 3.85. The highest BCUT2D eigenvalue weighted by atomic mass is 16.3. The average molecular weight is 204 g/mol. The van der Waals surface area contributed by atoms with E-state index in [4.69, 9.17) is 0 Å². The van der Waals surface area contributed by atoms with Crippen molar-refractivity contribution in [2.24, 2.45) is 7.05 Å². The molecule has 0 saturated carbocycles. The summed E-state index contributed by atoms with van der Waals surface area (Å²) in [6.07, 6.45) is 0. The van der Waals surface area contributed by atoms with Crippen LogP contribution in [-0.2, 0) is 7.05 Å². The van der Waals surface area contributed by atoms with Gasteiger partial charge in [0, 0.05) is 24.2 Å². The fraction of sp³-hybridized carbons (Fsp3) is 0.333. The number of phenols is 1. The molecule has 15 heavy (non-hydrogen) atoms. The summed E-state index contributed by atoms with van der Waals surface area (Å²) < 4.78 is 2.03. The third-order valence-electron chi connectivity index (χ3n) is 2.95. The highest BCUT2D eigenvalue weighted by Gasteiger charge is 2.12. The normalized spacial score (nSPS) is 13.3. The van der Waals surface area contributed by atoms with Crippen molar-refractivity contribution in [3.8, 4) is 5.75 Å². The molecule has 0 aliphatic heterocycles. The number of hydrogen-bond donors (Lipinski definition) is 2. The molecule has 0 aliphatic carbocycles. The number of aromatic nitrogens is 1. The average Bonchev–Trinajstić information content (AvgIpc) is 2.56. The molecule has 0 saturated heterocycles. The molecule has 3 nitrogen and oxygen atoms in total. The van der Waals surface area contributed by atoms with Gasteiger partial charge in [0.1, 0.15) is 5.75 Å². The van der Waals surface area contributed by atoms with E-state index in [2.05, 4.69) is 18.3 Å². The highest BCUT2D eigenvalue weighted by molar-refractivity contribution is 5.86. The van der Waals surface area contributed by atoms with Gasteiger partial charge in [-0.3, -0.25) is 0 Å². The Morgan fingerprint density at radius 3 is 2.73 bits per heavy atom. The molecule has 0 amide bonds. The Morgan fingerprint density at radius 2 is 2.13 bits per heavy atom. The van der Waals surface area contributed by atoms with Crippen molar-refractivity contribution in [1.29, 1.82) is 0 Å². The Bertz CT molecular complexity index is 488. The third kappa shape index (κ3) is 1.49. The number of nitrogens with one attached hydrogen (secondary N) is 1. The number of hydrogen-bond acceptors (Lipinski definition) is 2. The second-order valence-electron chi connectivity index (χ2n) is 3.85. The quantitative estimate of drug-likeness (QED) is 0.786. The zero-order valence-electron chi connectivity index (χ0n) is 9.28. The minimum Gasteiger partial charge on any atom is -0.506 e. The van der Waals surface area contributed by atoms with Crippen LogP contribution in [0.25, 0.3) is 10.9 Å². The molecule has 0 bridgehead atoms. The van der Waals surface area contributed by atoms with Gasteiger partial charge in [0.15, 0.2) is 0 Å². The highest BCUT2D eigenvalue weighted by Crippen LogP contribution is 2.29. The molecule has 1 aromatic carbocycles. The van der Waals surface area contributed by atoms with E-state index in [-0.39, 0.29) is 6.04 Å². The van der Waals surface area contributed by atoms with E-state index in [9.17, 15) is 5.11 Å². The van der Waals surface area contributed by atoms with Crippen molar-refractivity contribution in [3.63, 3.8) is 0 Å². The third-order valence-corrected chi connectivity index (χ3v) is 2.95. The number of nitrogens with zero attached hydrogens (tertiary/aromatic N) is 1. The van der Waals surface area contributed by atoms with Crippen LogP contribution in [0.1, 0.15) is 18.7 Å². The molecule has 2 rings (SSSR count). The SMILES string of the molecule is CNC(C)c1cc2cccc(O)c2n1C. The van der Waals surface area contributed by atoms with Crippen molar-refractivity contribution in [3.05, 3.63) is 30.0 Å². The van der Waals surface area contributed by atoms with Gasteiger partial charge in [-0.2, -0.15) is 0 Å². The van der Waals surface area contributed by atoms with Crippen LogP contribution in [0.15, 0.2) is 24.3 Å². The van der Waals surface area contributed by atoms with Gasteiger partial charge in [0.05, 0.1) is 5.52 Å². The lowest BCUT2D eigenvalue weighted by Crippen LogP contribution is -2.15. The van der Waals surface area contributed by atoms with Crippen LogP contribution in [0.4, 0.5) is 0 Å². The minimum atomic E-state index is 0.279. The summed E-state index contributed by atoms with van der Waals surface area (Å²) in [5.41, 5.74) is 2.07. The Morgan fingerprint density at radius 1 is 1.40 bits per heavy atom. The molecule has 1 unspecified atom stereocenters. The van der Waals surface area contributed by atoms with Gasteiger partial charge in [-0.25, -0.2) is 0 Å². The molecule has 80 valence electrons. The Labute approximate surface area is 89.3 Å². The molecule has 3 heteroatoms. The summed E-state index contributed by atoms with van der Waals surface area (Å²) in [6.45, 7) is 2.10. The molecule has 0 radical (unpaired) electrons. The number of para-hydroxylation sites is 1. The van der Waals surface area contributed by atoms with Gasteiger partial charge in [0.25, 0.3) is 0 Å². The molecular formula is C12H16N2O. The maximum absolute atomic E-state index is 9.78. The molecule has 2 aromatic rings. The number of aryl methyl sites for hydroxylation is 1. The van der Waals surface area contributed by atoms with Crippen LogP contribution in [0, 0.1) is 0 Å². The summed E-state index contributed by atoms with van der Waals surface area (Å²) in [5, 5.41) is 14.1. The number of fused-ring (bicyclic) bond motifs is 1. The van der Waals surface area contributed by atoms with Gasteiger partial charge in [-0.1, -0.05) is 12.1 Å². The topological polar surface area (TPSA) is 37.2 Å². The van der Waals surface area contributed by atoms with E-state index in [1.165, 1.54) is 5.69 Å². The Hall–Kier alpha value is -1.48. The van der Waals surface area contributed by atoms with Crippen LogP contribution in [0.3, 0.4) is 0 Å². The first-order valence-electron chi connectivity index (χ1n) is 5.09. The van der Waals surface area contributed by atoms with Crippen molar-refractivity contribution in [2.45, 2.75) is 13.0 Å². The Kier molecular flexibility index (Phi) is 2.40. The predicted octanol–water partition coefficient (Wildman–Crippen LogP) is 2.16. The summed E-state index contributed by atoms with van der Waals surface area (Å²) >= 11 is 0. The van der Waals surface area contributed by atoms with Gasteiger partial charge in [-0.05, 0) is 26.1 Å². The number of benzene rings is 1. The summed E-state index contributed by atoms with van der Waals surface area (Å²) in [5.74, 6) is 0.338. The first kappa shape index (κ1) is 10.1. The van der Waals surface area contributed by atoms with Crippen molar-refractivity contribution in [2.75, 3.05) is 7.05 Å². The van der Waals surface area contributed by atoms with Crippen LogP contribution in [0.5, 0.6) is 5.75 Å². The fourth-order valence-corrected chi connectivity index (χ4v) is 1.98. The summed E-state index contributed by atoms with van der Waals surface area (Å²) in [4.78, 5) is 0. The zero-order valence-corrected chi connectivity index (χ0v) is 9.28. The van der Waals surface area contributed by atoms with Crippen molar-refractivity contribution in [1.82, 2.24) is 9.88 Å². The molecule has 1 aromatic heterocycles. The van der Waals surface area contributed by atoms with E-state index >= 15 is 0 Å². The van der Waals surface area contributed by atoms with Gasteiger partial charge in [0.2, 0.25) is 0 Å². The lowest BCUT2D eigenvalue weighted by Gasteiger charge is -2.11. The summed E-state index contributed by atoms with van der Waals surface area (Å²) in [7, 11) is 3.91. The summed E-state index contributed by atoms with van der Waals surface area (Å²) in [6, 6.07) is 7.99. The van der Waals surface area contributed by atoms with E-state index in [1.54, 1.807) is 6.07 Å². The lowest BCUT2D eigenvalue weighted by molar-refractivity contribution is 0.478. The molecule has 2 N–H and O–H groups in total. The van der Waals surface area contributed by atoms with Gasteiger partial charge < -0.3 is 15.0 Å². The first-order chi connectivity index (χ1) is 7.15. The maximum Gasteiger partial charge on any atom is 0.139 e. The maximum atomic E-state index is 9.78. The predicted molar refractivity (Wildman–Crippen MR) is 62.1 cm³/mol. The van der Waals surface area contributed by atoms with E-state index in [1.807, 2.05) is 30.8 Å². The van der Waals surface area contributed by atoms with E-state index in [0.29, 0.717) is 5.75 Å². The van der Waals surface area contributed by atoms with Gasteiger partial charge in [-0.15, -0.1) is 0 Å². The molecule has 0 fully saturated rings. The van der Waals surface area contributed by atoms with E-state index < -0.39 is 0 Å². The minimum absolute atomic E-state index is 0.279. The smallest absolute Gasteiger partial charge is 0.139 e. The van der Waals surface area contributed by atoms with Crippen LogP contribution < -0.4 is 5.32 Å². The van der Waals surface area contributed by atoms with Gasteiger partial charge >= 0.3 is 0 Å². The zero-order chi connectivity index (χ0) is 11.0. The largest absolute Gasteiger partial charge is 0.506 e. The lowest BCUT2D eigenvalue weighted by atomic mass is 10.2. The second kappa shape index (κ2) is 3.59. The first-order valence-corrected chi connectivity index (χ1v) is 5.09. The fourth-order valence-electron chi connectivity index (χ4n) is 1.98. The number of phenolic OH excluding ortho intramolecular Hbond substituents is 1. The monoisotopic (exact) mass is 204 g/mol. The van der Waals surface area contributed by atoms with Crippen LogP contribution in [0.2, 0.25) is 0 Å². The van der Waals surface area contributed by atoms with Crippen molar-refractivity contribution >= 4 is 10.9 Å². The number of rotatable bonds is 2. The van der Waals surface area contributed by atoms with Crippen LogP contribution >= 0.6 is 0 Å². The van der Waals surface area contributed by atoms with Crippen molar-refractivity contribution < 1.29 is 5.11 Å². The number of aromatic hydroxyl groups is 1. The molecule has 0 aliphatic rings. The van der Waals surface area contributed by atoms with E-state index in [0.717, 1.165) is 10.9 Å². The standard InChI is InChI=1S/C12H16N2O/c1-8(13-2)10-7-9-5-4-6-11(15)12(9)14(10)3/h4-8,13,15H,1-3H3. The molecule has 0 spiro atoms. The Balaban J connectivity index is 2.70. The molecule has 1 heterocycles. The molecular weight excluding hydrogens is 188 g/mol.